The van der Waals surface area contributed by atoms with Crippen molar-refractivity contribution >= 4 is 17.6 Å². The van der Waals surface area contributed by atoms with E-state index < -0.39 is 42.8 Å². The van der Waals surface area contributed by atoms with Crippen molar-refractivity contribution in [1.29, 1.82) is 5.41 Å². The maximum absolute atomic E-state index is 14.2. The van der Waals surface area contributed by atoms with E-state index in [1.807, 2.05) is 0 Å². The molecule has 1 heterocycles. The number of amides is 1. The Morgan fingerprint density at radius 3 is 2.44 bits per heavy atom. The molecule has 0 aliphatic rings. The van der Waals surface area contributed by atoms with Gasteiger partial charge in [0.05, 0.1) is 25.7 Å². The quantitative estimate of drug-likeness (QED) is 0.213. The highest BCUT2D eigenvalue weighted by Crippen LogP contribution is 2.28. The number of hydrogen-bond acceptors (Lipinski definition) is 6. The lowest BCUT2D eigenvalue weighted by Crippen LogP contribution is -2.18. The third-order valence-electron chi connectivity index (χ3n) is 3.83. The number of nitrogens with zero attached hydrogens (tertiary/aromatic N) is 2. The van der Waals surface area contributed by atoms with Gasteiger partial charge in [0.15, 0.2) is 18.2 Å². The first-order chi connectivity index (χ1) is 16.1. The monoisotopic (exact) mass is 491 g/mol. The number of ether oxygens (including phenoxy) is 2. The zero-order valence-corrected chi connectivity index (χ0v) is 17.3. The minimum atomic E-state index is -3.67. The van der Waals surface area contributed by atoms with Gasteiger partial charge in [-0.2, -0.15) is 13.2 Å². The van der Waals surface area contributed by atoms with Crippen molar-refractivity contribution in [3.05, 3.63) is 47.4 Å². The number of benzene rings is 1. The van der Waals surface area contributed by atoms with E-state index in [0.29, 0.717) is 0 Å². The molecule has 0 aliphatic carbocycles. The number of aromatic nitrogens is 2. The van der Waals surface area contributed by atoms with E-state index in [1.54, 1.807) is 0 Å². The van der Waals surface area contributed by atoms with Crippen LogP contribution in [0.3, 0.4) is 0 Å². The number of nitrogens with two attached hydrogens (primary N) is 1. The second-order valence-corrected chi connectivity index (χ2v) is 6.15. The van der Waals surface area contributed by atoms with E-state index in [0.717, 1.165) is 18.3 Å². The smallest absolute Gasteiger partial charge is 0.379 e. The standard InChI is InChI=1S/C19H18F3N5O3.CHF3/c1-2-4-29-16-10-25-15(9-26-16)18(28)27-12-6-13(17(22)14(21)7-12)11(8-20)3-5-30-19(23)24;2-1(3)4/h1,6-7,9-11H,3-5,8H2,(H3,23,24)(H,27,28);1H/t11-;/m0./s1. The van der Waals surface area contributed by atoms with Crippen molar-refractivity contribution in [3.63, 3.8) is 0 Å². The highest BCUT2D eigenvalue weighted by Gasteiger charge is 2.21. The predicted molar refractivity (Wildman–Crippen MR) is 109 cm³/mol. The summed E-state index contributed by atoms with van der Waals surface area (Å²) in [7, 11) is 0. The molecule has 1 atom stereocenters. The summed E-state index contributed by atoms with van der Waals surface area (Å²) in [4.78, 5) is 20.0. The SMILES string of the molecule is C#CCOc1cnc(C(=O)Nc2cc(F)c(F)c([C@H](CF)CCOC(=N)N)c2)cn1.FC(F)F. The zero-order chi connectivity index (χ0) is 25.7. The Balaban J connectivity index is 0.00000133. The van der Waals surface area contributed by atoms with Crippen LogP contribution >= 0.6 is 0 Å². The molecule has 1 amide bonds. The number of carbonyl (C=O) groups excluding carboxylic acids is 1. The summed E-state index contributed by atoms with van der Waals surface area (Å²) in [6.45, 7) is -4.87. The molecule has 0 unspecified atom stereocenters. The van der Waals surface area contributed by atoms with E-state index in [9.17, 15) is 31.1 Å². The maximum Gasteiger partial charge on any atom is 0.379 e. The summed E-state index contributed by atoms with van der Waals surface area (Å²) in [6, 6.07) is 1.30. The van der Waals surface area contributed by atoms with Crippen molar-refractivity contribution in [3.8, 4) is 18.2 Å². The first-order valence-electron chi connectivity index (χ1n) is 9.22. The minimum Gasteiger partial charge on any atom is -0.466 e. The number of hydrogen-bond donors (Lipinski definition) is 3. The predicted octanol–water partition coefficient (Wildman–Crippen LogP) is 3.55. The molecule has 0 radical (unpaired) electrons. The fourth-order valence-electron chi connectivity index (χ4n) is 2.43. The maximum atomic E-state index is 14.2. The molecule has 0 saturated carbocycles. The summed E-state index contributed by atoms with van der Waals surface area (Å²) in [5, 5.41) is 9.32. The molecule has 2 rings (SSSR count). The van der Waals surface area contributed by atoms with Crippen LogP contribution in [-0.4, -0.2) is 48.5 Å². The van der Waals surface area contributed by atoms with E-state index >= 15 is 0 Å². The Morgan fingerprint density at radius 1 is 1.24 bits per heavy atom. The fourth-order valence-corrected chi connectivity index (χ4v) is 2.43. The van der Waals surface area contributed by atoms with Crippen molar-refractivity contribution < 1.29 is 40.6 Å². The molecule has 0 bridgehead atoms. The Hall–Kier alpha value is -4.02. The molecule has 14 heteroatoms. The summed E-state index contributed by atoms with van der Waals surface area (Å²) >= 11 is 0. The van der Waals surface area contributed by atoms with Gasteiger partial charge in [0.2, 0.25) is 5.88 Å². The van der Waals surface area contributed by atoms with Gasteiger partial charge in [-0.15, -0.1) is 6.42 Å². The van der Waals surface area contributed by atoms with E-state index in [-0.39, 0.29) is 42.5 Å². The van der Waals surface area contributed by atoms with Crippen LogP contribution in [0.4, 0.5) is 32.0 Å². The number of nitrogens with one attached hydrogen (secondary N) is 2. The van der Waals surface area contributed by atoms with E-state index in [2.05, 4.69) is 21.2 Å². The third-order valence-corrected chi connectivity index (χ3v) is 3.83. The van der Waals surface area contributed by atoms with Gasteiger partial charge in [0.25, 0.3) is 11.9 Å². The number of carbonyl (C=O) groups is 1. The normalized spacial score (nSPS) is 11.0. The molecular formula is C20H19F6N5O3. The number of rotatable bonds is 9. The molecule has 8 nitrogen and oxygen atoms in total. The number of terminal acetylenes is 1. The first kappa shape index (κ1) is 28.0. The average Bonchev–Trinajstić information content (AvgIpc) is 2.77. The minimum absolute atomic E-state index is 0.0228. The second-order valence-electron chi connectivity index (χ2n) is 6.15. The molecule has 1 aromatic heterocycles. The van der Waals surface area contributed by atoms with Gasteiger partial charge in [-0.05, 0) is 18.1 Å². The molecule has 0 fully saturated rings. The Labute approximate surface area is 190 Å². The zero-order valence-electron chi connectivity index (χ0n) is 17.3. The Kier molecular flexibility index (Phi) is 11.7. The molecule has 0 saturated heterocycles. The van der Waals surface area contributed by atoms with E-state index in [4.69, 9.17) is 27.0 Å². The highest BCUT2D eigenvalue weighted by atomic mass is 19.4. The lowest BCUT2D eigenvalue weighted by atomic mass is 9.96. The van der Waals surface area contributed by atoms with Crippen LogP contribution in [0.1, 0.15) is 28.4 Å². The Bertz CT molecular complexity index is 999. The highest BCUT2D eigenvalue weighted by molar-refractivity contribution is 6.02. The van der Waals surface area contributed by atoms with Crippen molar-refractivity contribution in [1.82, 2.24) is 9.97 Å². The number of alkyl halides is 4. The first-order valence-corrected chi connectivity index (χ1v) is 9.22. The summed E-state index contributed by atoms with van der Waals surface area (Å²) in [5.41, 5.74) is 4.53. The molecule has 184 valence electrons. The lowest BCUT2D eigenvalue weighted by Gasteiger charge is -2.16. The summed E-state index contributed by atoms with van der Waals surface area (Å²) in [6.07, 6.45) is 7.29. The molecule has 4 N–H and O–H groups in total. The third kappa shape index (κ3) is 9.63. The lowest BCUT2D eigenvalue weighted by molar-refractivity contribution is 0.00818. The number of amidine groups is 1. The van der Waals surface area contributed by atoms with Gasteiger partial charge in [0, 0.05) is 17.7 Å². The Morgan fingerprint density at radius 2 is 1.91 bits per heavy atom. The van der Waals surface area contributed by atoms with Crippen LogP contribution in [0.25, 0.3) is 0 Å². The van der Waals surface area contributed by atoms with Gasteiger partial charge in [0.1, 0.15) is 5.69 Å². The van der Waals surface area contributed by atoms with Crippen molar-refractivity contribution in [2.75, 3.05) is 25.2 Å². The fraction of sp³-hybridized carbons (Fsp3) is 0.300. The van der Waals surface area contributed by atoms with E-state index in [1.165, 1.54) is 6.20 Å². The number of halogens is 6. The van der Waals surface area contributed by atoms with Gasteiger partial charge < -0.3 is 20.5 Å². The van der Waals surface area contributed by atoms with Crippen LogP contribution < -0.4 is 15.8 Å². The van der Waals surface area contributed by atoms with Gasteiger partial charge in [-0.1, -0.05) is 5.92 Å². The molecule has 1 aromatic carbocycles. The second kappa shape index (κ2) is 14.2. The van der Waals surface area contributed by atoms with Crippen LogP contribution in [0.5, 0.6) is 5.88 Å². The van der Waals surface area contributed by atoms with Crippen LogP contribution in [0.2, 0.25) is 0 Å². The molecular weight excluding hydrogens is 472 g/mol. The van der Waals surface area contributed by atoms with Gasteiger partial charge in [-0.3, -0.25) is 14.6 Å². The summed E-state index contributed by atoms with van der Waals surface area (Å²) < 4.78 is 80.4. The largest absolute Gasteiger partial charge is 0.466 e. The molecule has 0 aliphatic heterocycles. The number of anilines is 1. The van der Waals surface area contributed by atoms with Gasteiger partial charge >= 0.3 is 6.68 Å². The van der Waals surface area contributed by atoms with Crippen LogP contribution in [0.15, 0.2) is 24.5 Å². The van der Waals surface area contributed by atoms with Crippen LogP contribution in [-0.2, 0) is 4.74 Å². The molecule has 2 aromatic rings. The average molecular weight is 491 g/mol. The van der Waals surface area contributed by atoms with Gasteiger partial charge in [-0.25, -0.2) is 18.7 Å². The molecule has 0 spiro atoms. The van der Waals surface area contributed by atoms with Crippen LogP contribution in [0, 0.1) is 29.4 Å². The molecule has 34 heavy (non-hydrogen) atoms. The topological polar surface area (TPSA) is 123 Å². The summed E-state index contributed by atoms with van der Waals surface area (Å²) in [5.74, 6) is -1.97. The van der Waals surface area contributed by atoms with Crippen molar-refractivity contribution in [2.45, 2.75) is 19.0 Å². The van der Waals surface area contributed by atoms with Crippen molar-refractivity contribution in [2.24, 2.45) is 5.73 Å².